The summed E-state index contributed by atoms with van der Waals surface area (Å²) in [4.78, 5) is 9.43. The van der Waals surface area contributed by atoms with E-state index in [1.807, 2.05) is 54.7 Å². The maximum absolute atomic E-state index is 9.68. The molecule has 0 unspecified atom stereocenters. The van der Waals surface area contributed by atoms with Crippen molar-refractivity contribution in [3.8, 4) is 11.5 Å². The van der Waals surface area contributed by atoms with Gasteiger partial charge in [0.2, 0.25) is 0 Å². The SMILES string of the molecule is CN1CCN(CCCNc2ccc3oc(-c4cc5ccccc5cn4)c/c(=N\O)c3c2)CC1. The van der Waals surface area contributed by atoms with Crippen LogP contribution >= 0.6 is 0 Å². The predicted octanol–water partition coefficient (Wildman–Crippen LogP) is 3.99. The molecule has 7 heteroatoms. The highest BCUT2D eigenvalue weighted by atomic mass is 16.4. The second-order valence-corrected chi connectivity index (χ2v) is 8.65. The van der Waals surface area contributed by atoms with Crippen molar-refractivity contribution in [2.75, 3.05) is 51.6 Å². The largest absolute Gasteiger partial charge is 0.454 e. The van der Waals surface area contributed by atoms with Gasteiger partial charge in [0.15, 0.2) is 5.76 Å². The van der Waals surface area contributed by atoms with E-state index in [4.69, 9.17) is 4.42 Å². The Hall–Kier alpha value is -3.42. The average Bonchev–Trinajstić information content (AvgIpc) is 2.86. The van der Waals surface area contributed by atoms with Crippen LogP contribution < -0.4 is 10.7 Å². The molecule has 33 heavy (non-hydrogen) atoms. The van der Waals surface area contributed by atoms with Crippen molar-refractivity contribution >= 4 is 27.4 Å². The van der Waals surface area contributed by atoms with Crippen LogP contribution in [0.4, 0.5) is 5.69 Å². The minimum Gasteiger partial charge on any atom is -0.454 e. The van der Waals surface area contributed by atoms with Gasteiger partial charge in [0.25, 0.3) is 0 Å². The topological polar surface area (TPSA) is 77.1 Å². The molecule has 5 rings (SSSR count). The summed E-state index contributed by atoms with van der Waals surface area (Å²) in [5, 5.41) is 20.1. The zero-order valence-electron chi connectivity index (χ0n) is 18.9. The maximum Gasteiger partial charge on any atom is 0.155 e. The Morgan fingerprint density at radius 2 is 1.85 bits per heavy atom. The van der Waals surface area contributed by atoms with Crippen LogP contribution in [0.25, 0.3) is 33.2 Å². The first-order chi connectivity index (χ1) is 16.2. The predicted molar refractivity (Wildman–Crippen MR) is 131 cm³/mol. The first kappa shape index (κ1) is 21.4. The Morgan fingerprint density at radius 1 is 1.03 bits per heavy atom. The number of likely N-dealkylation sites (N-methyl/N-ethyl adjacent to an activating group) is 1. The summed E-state index contributed by atoms with van der Waals surface area (Å²) in [7, 11) is 2.18. The average molecular weight is 444 g/mol. The molecule has 0 amide bonds. The number of anilines is 1. The van der Waals surface area contributed by atoms with Crippen LogP contribution in [0.15, 0.2) is 70.4 Å². The van der Waals surface area contributed by atoms with Crippen molar-refractivity contribution in [2.45, 2.75) is 6.42 Å². The molecule has 1 saturated heterocycles. The number of nitrogens with one attached hydrogen (secondary N) is 1. The zero-order valence-corrected chi connectivity index (χ0v) is 18.9. The molecule has 7 nitrogen and oxygen atoms in total. The van der Waals surface area contributed by atoms with Crippen LogP contribution in [0, 0.1) is 0 Å². The van der Waals surface area contributed by atoms with E-state index in [0.717, 1.165) is 67.5 Å². The van der Waals surface area contributed by atoms with Crippen molar-refractivity contribution in [2.24, 2.45) is 5.16 Å². The van der Waals surface area contributed by atoms with E-state index in [9.17, 15) is 5.21 Å². The summed E-state index contributed by atoms with van der Waals surface area (Å²) in [6, 6.07) is 17.7. The number of piperazine rings is 1. The molecule has 3 heterocycles. The number of pyridine rings is 1. The molecule has 0 aliphatic carbocycles. The molecule has 2 N–H and O–H groups in total. The molecule has 1 fully saturated rings. The van der Waals surface area contributed by atoms with Crippen LogP contribution in [-0.2, 0) is 0 Å². The van der Waals surface area contributed by atoms with Gasteiger partial charge in [-0.2, -0.15) is 0 Å². The van der Waals surface area contributed by atoms with E-state index in [-0.39, 0.29) is 0 Å². The van der Waals surface area contributed by atoms with Crippen molar-refractivity contribution in [1.82, 2.24) is 14.8 Å². The third kappa shape index (κ3) is 4.84. The van der Waals surface area contributed by atoms with Gasteiger partial charge < -0.3 is 24.7 Å². The summed E-state index contributed by atoms with van der Waals surface area (Å²) < 4.78 is 6.14. The van der Waals surface area contributed by atoms with Gasteiger partial charge in [-0.25, -0.2) is 0 Å². The van der Waals surface area contributed by atoms with Gasteiger partial charge in [-0.15, -0.1) is 0 Å². The lowest BCUT2D eigenvalue weighted by Gasteiger charge is -2.32. The van der Waals surface area contributed by atoms with E-state index in [1.54, 1.807) is 6.07 Å². The Bertz CT molecular complexity index is 1330. The van der Waals surface area contributed by atoms with E-state index < -0.39 is 0 Å². The van der Waals surface area contributed by atoms with Crippen molar-refractivity contribution in [3.63, 3.8) is 0 Å². The fourth-order valence-electron chi connectivity index (χ4n) is 4.31. The number of aromatic nitrogens is 1. The van der Waals surface area contributed by atoms with Crippen LogP contribution in [-0.4, -0.2) is 66.3 Å². The summed E-state index contributed by atoms with van der Waals surface area (Å²) in [5.74, 6) is 0.564. The van der Waals surface area contributed by atoms with Gasteiger partial charge in [0.1, 0.15) is 16.6 Å². The molecule has 0 spiro atoms. The number of rotatable bonds is 6. The van der Waals surface area contributed by atoms with Crippen LogP contribution in [0.3, 0.4) is 0 Å². The normalized spacial score (nSPS) is 16.0. The van der Waals surface area contributed by atoms with Gasteiger partial charge in [-0.1, -0.05) is 29.4 Å². The highest BCUT2D eigenvalue weighted by Crippen LogP contribution is 2.25. The minimum atomic E-state index is 0.460. The van der Waals surface area contributed by atoms with Gasteiger partial charge >= 0.3 is 0 Å². The van der Waals surface area contributed by atoms with E-state index >= 15 is 0 Å². The summed E-state index contributed by atoms with van der Waals surface area (Å²) >= 11 is 0. The monoisotopic (exact) mass is 443 g/mol. The number of benzene rings is 2. The molecule has 1 aliphatic rings. The lowest BCUT2D eigenvalue weighted by Crippen LogP contribution is -2.44. The lowest BCUT2D eigenvalue weighted by molar-refractivity contribution is 0.154. The van der Waals surface area contributed by atoms with Crippen molar-refractivity contribution in [3.05, 3.63) is 66.2 Å². The quantitative estimate of drug-likeness (QED) is 0.267. The highest BCUT2D eigenvalue weighted by Gasteiger charge is 2.13. The van der Waals surface area contributed by atoms with Gasteiger partial charge in [0, 0.05) is 61.4 Å². The molecule has 170 valence electrons. The molecule has 0 bridgehead atoms. The first-order valence-electron chi connectivity index (χ1n) is 11.5. The number of hydrogen-bond acceptors (Lipinski definition) is 7. The molecule has 0 saturated carbocycles. The lowest BCUT2D eigenvalue weighted by atomic mass is 10.1. The second-order valence-electron chi connectivity index (χ2n) is 8.65. The van der Waals surface area contributed by atoms with Crippen LogP contribution in [0.1, 0.15) is 6.42 Å². The Kier molecular flexibility index (Phi) is 6.24. The second kappa shape index (κ2) is 9.60. The van der Waals surface area contributed by atoms with Crippen molar-refractivity contribution in [1.29, 1.82) is 0 Å². The minimum absolute atomic E-state index is 0.460. The third-order valence-electron chi connectivity index (χ3n) is 6.31. The standard InChI is InChI=1S/C26H29N5O2/c1-30-11-13-31(14-12-30)10-4-9-27-21-7-8-25-22(16-21)23(29-32)17-26(33-25)24-15-19-5-2-3-6-20(19)18-28-24/h2-3,5-8,15-18,27,32H,4,9-14H2,1H3/b29-23+. The molecule has 2 aromatic heterocycles. The smallest absolute Gasteiger partial charge is 0.155 e. The van der Waals surface area contributed by atoms with E-state index in [0.29, 0.717) is 22.4 Å². The summed E-state index contributed by atoms with van der Waals surface area (Å²) in [6.45, 7) is 6.56. The molecule has 4 aromatic rings. The number of hydrogen-bond donors (Lipinski definition) is 2. The Balaban J connectivity index is 1.32. The van der Waals surface area contributed by atoms with Crippen LogP contribution in [0.2, 0.25) is 0 Å². The van der Waals surface area contributed by atoms with E-state index in [1.165, 1.54) is 0 Å². The molecular formula is C26H29N5O2. The Labute approximate surface area is 193 Å². The van der Waals surface area contributed by atoms with Gasteiger partial charge in [0.05, 0.1) is 0 Å². The fraction of sp³-hybridized carbons (Fsp3) is 0.308. The molecule has 2 aromatic carbocycles. The van der Waals surface area contributed by atoms with Crippen molar-refractivity contribution < 1.29 is 9.62 Å². The molecule has 1 aliphatic heterocycles. The zero-order chi connectivity index (χ0) is 22.6. The Morgan fingerprint density at radius 3 is 2.67 bits per heavy atom. The number of fused-ring (bicyclic) bond motifs is 2. The third-order valence-corrected chi connectivity index (χ3v) is 6.31. The molecule has 0 atom stereocenters. The highest BCUT2D eigenvalue weighted by molar-refractivity contribution is 5.86. The van der Waals surface area contributed by atoms with E-state index in [2.05, 4.69) is 32.3 Å². The summed E-state index contributed by atoms with van der Waals surface area (Å²) in [5.41, 5.74) is 2.34. The number of nitrogens with zero attached hydrogens (tertiary/aromatic N) is 4. The van der Waals surface area contributed by atoms with Crippen LogP contribution in [0.5, 0.6) is 0 Å². The summed E-state index contributed by atoms with van der Waals surface area (Å²) in [6.07, 6.45) is 2.91. The first-order valence-corrected chi connectivity index (χ1v) is 11.5. The maximum atomic E-state index is 9.68. The van der Waals surface area contributed by atoms with Gasteiger partial charge in [-0.05, 0) is 49.7 Å². The molecular weight excluding hydrogens is 414 g/mol. The molecule has 0 radical (unpaired) electrons. The van der Waals surface area contributed by atoms with Gasteiger partial charge in [-0.3, -0.25) is 4.98 Å². The fourth-order valence-corrected chi connectivity index (χ4v) is 4.31.